The van der Waals surface area contributed by atoms with Gasteiger partial charge in [0, 0.05) is 17.7 Å². The van der Waals surface area contributed by atoms with Gasteiger partial charge in [0.05, 0.1) is 9.40 Å². The molecule has 5 nitrogen and oxygen atoms in total. The van der Waals surface area contributed by atoms with Crippen molar-refractivity contribution in [3.63, 3.8) is 0 Å². The van der Waals surface area contributed by atoms with Crippen molar-refractivity contribution >= 4 is 27.5 Å². The molecule has 0 heterocycles. The third-order valence-corrected chi connectivity index (χ3v) is 4.27. The molecule has 1 amide bonds. The van der Waals surface area contributed by atoms with Gasteiger partial charge in [0.1, 0.15) is 0 Å². The number of carbonyl (C=O) groups excluding carboxylic acids is 1. The number of carbonyl (C=O) groups is 1. The molecule has 6 heteroatoms. The van der Waals surface area contributed by atoms with Gasteiger partial charge in [-0.1, -0.05) is 25.7 Å². The highest BCUT2D eigenvalue weighted by atomic mass is 79.9. The molecule has 0 unspecified atom stereocenters. The van der Waals surface area contributed by atoms with Gasteiger partial charge in [-0.2, -0.15) is 0 Å². The number of benzene rings is 1. The first-order valence-electron chi connectivity index (χ1n) is 6.83. The van der Waals surface area contributed by atoms with E-state index in [0.717, 1.165) is 25.7 Å². The molecule has 1 aliphatic rings. The second-order valence-electron chi connectivity index (χ2n) is 5.09. The molecule has 0 radical (unpaired) electrons. The molecule has 20 heavy (non-hydrogen) atoms. The monoisotopic (exact) mass is 340 g/mol. The van der Waals surface area contributed by atoms with Crippen molar-refractivity contribution in [1.29, 1.82) is 0 Å². The second kappa shape index (κ2) is 6.83. The van der Waals surface area contributed by atoms with Crippen molar-refractivity contribution in [2.75, 3.05) is 0 Å². The second-order valence-corrected chi connectivity index (χ2v) is 5.94. The Kier molecular flexibility index (Phi) is 5.11. The number of nitro groups is 1. The zero-order valence-corrected chi connectivity index (χ0v) is 12.7. The highest BCUT2D eigenvalue weighted by Gasteiger charge is 2.19. The van der Waals surface area contributed by atoms with E-state index in [-0.39, 0.29) is 17.6 Å². The molecule has 0 atom stereocenters. The number of nitrogens with one attached hydrogen (secondary N) is 1. The van der Waals surface area contributed by atoms with E-state index in [2.05, 4.69) is 21.2 Å². The Bertz CT molecular complexity index is 511. The van der Waals surface area contributed by atoms with Gasteiger partial charge in [-0.15, -0.1) is 0 Å². The Morgan fingerprint density at radius 3 is 2.50 bits per heavy atom. The average molecular weight is 341 g/mol. The number of hydrogen-bond donors (Lipinski definition) is 1. The first kappa shape index (κ1) is 15.0. The Morgan fingerprint density at radius 2 is 1.90 bits per heavy atom. The number of hydrogen-bond acceptors (Lipinski definition) is 3. The number of halogens is 1. The molecule has 1 aromatic rings. The van der Waals surface area contributed by atoms with Crippen LogP contribution in [0.15, 0.2) is 22.7 Å². The maximum absolute atomic E-state index is 12.2. The van der Waals surface area contributed by atoms with Crippen LogP contribution >= 0.6 is 15.9 Å². The summed E-state index contributed by atoms with van der Waals surface area (Å²) in [6.07, 6.45) is 6.68. The predicted molar refractivity (Wildman–Crippen MR) is 79.8 cm³/mol. The van der Waals surface area contributed by atoms with Gasteiger partial charge in [-0.3, -0.25) is 14.9 Å². The highest BCUT2D eigenvalue weighted by Crippen LogP contribution is 2.26. The van der Waals surface area contributed by atoms with Gasteiger partial charge in [-0.25, -0.2) is 0 Å². The minimum absolute atomic E-state index is 0.0847. The first-order chi connectivity index (χ1) is 9.58. The Morgan fingerprint density at radius 1 is 1.25 bits per heavy atom. The highest BCUT2D eigenvalue weighted by molar-refractivity contribution is 9.10. The first-order valence-corrected chi connectivity index (χ1v) is 7.62. The maximum atomic E-state index is 12.2. The SMILES string of the molecule is O=C(NC1CCCCCC1)c1ccc(Br)c([N+](=O)[O-])c1. The van der Waals surface area contributed by atoms with Crippen LogP contribution in [-0.4, -0.2) is 16.9 Å². The summed E-state index contributed by atoms with van der Waals surface area (Å²) in [5.41, 5.74) is 0.252. The minimum Gasteiger partial charge on any atom is -0.349 e. The van der Waals surface area contributed by atoms with E-state index in [9.17, 15) is 14.9 Å². The zero-order valence-electron chi connectivity index (χ0n) is 11.1. The van der Waals surface area contributed by atoms with Gasteiger partial charge in [0.25, 0.3) is 11.6 Å². The summed E-state index contributed by atoms with van der Waals surface area (Å²) >= 11 is 3.12. The van der Waals surface area contributed by atoms with Crippen LogP contribution in [0.4, 0.5) is 5.69 Å². The van der Waals surface area contributed by atoms with E-state index < -0.39 is 4.92 Å². The van der Waals surface area contributed by atoms with Crippen molar-refractivity contribution in [3.05, 3.63) is 38.3 Å². The lowest BCUT2D eigenvalue weighted by molar-refractivity contribution is -0.385. The minimum atomic E-state index is -0.494. The van der Waals surface area contributed by atoms with Crippen molar-refractivity contribution < 1.29 is 9.72 Å². The van der Waals surface area contributed by atoms with Gasteiger partial charge in [-0.05, 0) is 40.9 Å². The Hall–Kier alpha value is -1.43. The zero-order chi connectivity index (χ0) is 14.5. The summed E-state index contributed by atoms with van der Waals surface area (Å²) in [4.78, 5) is 22.5. The maximum Gasteiger partial charge on any atom is 0.284 e. The van der Waals surface area contributed by atoms with E-state index in [0.29, 0.717) is 10.0 Å². The van der Waals surface area contributed by atoms with E-state index >= 15 is 0 Å². The summed E-state index contributed by atoms with van der Waals surface area (Å²) < 4.78 is 0.383. The largest absolute Gasteiger partial charge is 0.349 e. The number of rotatable bonds is 3. The molecule has 0 saturated heterocycles. The fraction of sp³-hybridized carbons (Fsp3) is 0.500. The van der Waals surface area contributed by atoms with E-state index in [1.54, 1.807) is 12.1 Å². The van der Waals surface area contributed by atoms with Gasteiger partial charge in [0.2, 0.25) is 0 Å². The van der Waals surface area contributed by atoms with Crippen molar-refractivity contribution in [2.45, 2.75) is 44.6 Å². The molecule has 0 aliphatic heterocycles. The van der Waals surface area contributed by atoms with Crippen LogP contribution in [-0.2, 0) is 0 Å². The Balaban J connectivity index is 2.08. The third kappa shape index (κ3) is 3.79. The van der Waals surface area contributed by atoms with E-state index in [1.165, 1.54) is 18.9 Å². The summed E-state index contributed by atoms with van der Waals surface area (Å²) in [5, 5.41) is 13.9. The Labute approximate surface area is 126 Å². The molecule has 1 fully saturated rings. The fourth-order valence-electron chi connectivity index (χ4n) is 2.49. The summed E-state index contributed by atoms with van der Waals surface area (Å²) in [5.74, 6) is -0.229. The van der Waals surface area contributed by atoms with Crippen LogP contribution in [0.1, 0.15) is 48.9 Å². The third-order valence-electron chi connectivity index (χ3n) is 3.60. The molecular weight excluding hydrogens is 324 g/mol. The molecular formula is C14H17BrN2O3. The van der Waals surface area contributed by atoms with Crippen LogP contribution in [0, 0.1) is 10.1 Å². The molecule has 1 aromatic carbocycles. The van der Waals surface area contributed by atoms with Crippen LogP contribution in [0.3, 0.4) is 0 Å². The normalized spacial score (nSPS) is 16.4. The number of nitro benzene ring substituents is 1. The lowest BCUT2D eigenvalue weighted by Gasteiger charge is -2.16. The average Bonchev–Trinajstić information content (AvgIpc) is 2.67. The molecule has 1 aliphatic carbocycles. The number of amides is 1. The predicted octanol–water partition coefficient (Wildman–Crippen LogP) is 3.81. The van der Waals surface area contributed by atoms with E-state index in [1.807, 2.05) is 0 Å². The van der Waals surface area contributed by atoms with Gasteiger partial charge >= 0.3 is 0 Å². The van der Waals surface area contributed by atoms with Crippen LogP contribution in [0.5, 0.6) is 0 Å². The lowest BCUT2D eigenvalue weighted by atomic mass is 10.1. The molecule has 0 bridgehead atoms. The van der Waals surface area contributed by atoms with Gasteiger partial charge < -0.3 is 5.32 Å². The van der Waals surface area contributed by atoms with Crippen LogP contribution in [0.2, 0.25) is 0 Å². The summed E-state index contributed by atoms with van der Waals surface area (Å²) in [7, 11) is 0. The lowest BCUT2D eigenvalue weighted by Crippen LogP contribution is -2.34. The van der Waals surface area contributed by atoms with E-state index in [4.69, 9.17) is 0 Å². The molecule has 2 rings (SSSR count). The van der Waals surface area contributed by atoms with Crippen LogP contribution in [0.25, 0.3) is 0 Å². The topological polar surface area (TPSA) is 72.2 Å². The molecule has 0 spiro atoms. The quantitative estimate of drug-likeness (QED) is 0.516. The van der Waals surface area contributed by atoms with Crippen LogP contribution < -0.4 is 5.32 Å². The van der Waals surface area contributed by atoms with Crippen molar-refractivity contribution in [1.82, 2.24) is 5.32 Å². The summed E-state index contributed by atoms with van der Waals surface area (Å²) in [6, 6.07) is 4.65. The number of nitrogens with zero attached hydrogens (tertiary/aromatic N) is 1. The van der Waals surface area contributed by atoms with Gasteiger partial charge in [0.15, 0.2) is 0 Å². The van der Waals surface area contributed by atoms with Crippen molar-refractivity contribution in [2.24, 2.45) is 0 Å². The van der Waals surface area contributed by atoms with Crippen molar-refractivity contribution in [3.8, 4) is 0 Å². The molecule has 1 saturated carbocycles. The fourth-order valence-corrected chi connectivity index (χ4v) is 2.88. The summed E-state index contributed by atoms with van der Waals surface area (Å²) in [6.45, 7) is 0. The standard InChI is InChI=1S/C14H17BrN2O3/c15-12-8-7-10(9-13(12)17(19)20)14(18)16-11-5-3-1-2-4-6-11/h7-9,11H,1-6H2,(H,16,18). The molecule has 1 N–H and O–H groups in total. The smallest absolute Gasteiger partial charge is 0.284 e. The molecule has 0 aromatic heterocycles. The molecule has 108 valence electrons.